The molecule has 0 aliphatic rings. The molecule has 0 bridgehead atoms. The van der Waals surface area contributed by atoms with Crippen molar-refractivity contribution in [3.8, 4) is 11.4 Å². The molecule has 7 heteroatoms. The van der Waals surface area contributed by atoms with E-state index in [0.29, 0.717) is 11.1 Å². The molecule has 0 saturated carbocycles. The molecule has 0 spiro atoms. The summed E-state index contributed by atoms with van der Waals surface area (Å²) in [6.45, 7) is 3.11. The number of aryl methyl sites for hydroxylation is 1. The van der Waals surface area contributed by atoms with Crippen LogP contribution in [0.1, 0.15) is 23.6 Å². The van der Waals surface area contributed by atoms with E-state index in [-0.39, 0.29) is 17.5 Å². The second kappa shape index (κ2) is 4.73. The lowest BCUT2D eigenvalue weighted by atomic mass is 10.1. The van der Waals surface area contributed by atoms with E-state index >= 15 is 0 Å². The molecule has 1 unspecified atom stereocenters. The first-order valence-corrected chi connectivity index (χ1v) is 7.53. The number of hydrogen-bond acceptors (Lipinski definition) is 5. The Morgan fingerprint density at radius 3 is 2.63 bits per heavy atom. The number of hydrogen-bond donors (Lipinski definition) is 0. The first-order valence-electron chi connectivity index (χ1n) is 5.58. The van der Waals surface area contributed by atoms with Gasteiger partial charge in [-0.3, -0.25) is 0 Å². The van der Waals surface area contributed by atoms with Crippen molar-refractivity contribution in [1.29, 1.82) is 0 Å². The van der Waals surface area contributed by atoms with Gasteiger partial charge >= 0.3 is 0 Å². The minimum Gasteiger partial charge on any atom is -0.338 e. The third kappa shape index (κ3) is 2.81. The topological polar surface area (TPSA) is 73.1 Å². The van der Waals surface area contributed by atoms with Crippen molar-refractivity contribution >= 4 is 9.84 Å². The monoisotopic (exact) mass is 284 g/mol. The summed E-state index contributed by atoms with van der Waals surface area (Å²) in [6.07, 6.45) is 1.09. The summed E-state index contributed by atoms with van der Waals surface area (Å²) in [5, 5.41) is 2.79. The van der Waals surface area contributed by atoms with Crippen LogP contribution in [0.2, 0.25) is 0 Å². The first kappa shape index (κ1) is 13.7. The number of aromatic nitrogens is 2. The highest BCUT2D eigenvalue weighted by molar-refractivity contribution is 7.90. The highest BCUT2D eigenvalue weighted by atomic mass is 32.2. The van der Waals surface area contributed by atoms with E-state index in [9.17, 15) is 12.8 Å². The van der Waals surface area contributed by atoms with Gasteiger partial charge in [-0.05, 0) is 25.5 Å². The average molecular weight is 284 g/mol. The lowest BCUT2D eigenvalue weighted by molar-refractivity contribution is 0.377. The average Bonchev–Trinajstić information content (AvgIpc) is 2.79. The molecule has 102 valence electrons. The van der Waals surface area contributed by atoms with Gasteiger partial charge in [0.25, 0.3) is 0 Å². The molecular weight excluding hydrogens is 271 g/mol. The molecule has 2 aromatic rings. The van der Waals surface area contributed by atoms with Crippen molar-refractivity contribution in [2.24, 2.45) is 0 Å². The van der Waals surface area contributed by atoms with Crippen LogP contribution < -0.4 is 0 Å². The number of benzene rings is 1. The number of halogens is 1. The van der Waals surface area contributed by atoms with Crippen LogP contribution >= 0.6 is 0 Å². The minimum absolute atomic E-state index is 0.00140. The molecule has 0 aliphatic carbocycles. The molecular formula is C12H13FN2O3S. The highest BCUT2D eigenvalue weighted by Crippen LogP contribution is 2.23. The molecule has 0 N–H and O–H groups in total. The van der Waals surface area contributed by atoms with E-state index < -0.39 is 15.1 Å². The molecule has 0 saturated heterocycles. The molecule has 1 atom stereocenters. The fourth-order valence-corrected chi connectivity index (χ4v) is 1.89. The van der Waals surface area contributed by atoms with Crippen LogP contribution in [0.15, 0.2) is 22.7 Å². The fraction of sp³-hybridized carbons (Fsp3) is 0.333. The minimum atomic E-state index is -3.31. The first-order chi connectivity index (χ1) is 8.79. The highest BCUT2D eigenvalue weighted by Gasteiger charge is 2.24. The van der Waals surface area contributed by atoms with Crippen molar-refractivity contribution in [2.45, 2.75) is 19.1 Å². The molecule has 0 radical (unpaired) electrons. The summed E-state index contributed by atoms with van der Waals surface area (Å²) in [5.74, 6) is -0.206. The van der Waals surface area contributed by atoms with Gasteiger partial charge in [0, 0.05) is 11.8 Å². The van der Waals surface area contributed by atoms with Gasteiger partial charge in [-0.15, -0.1) is 0 Å². The third-order valence-electron chi connectivity index (χ3n) is 2.86. The standard InChI is InChI=1S/C12H13FN2O3S/c1-7-4-5-9(6-10(7)13)11-14-12(18-15-11)8(2)19(3,16)17/h4-6,8H,1-3H3. The Bertz CT molecular complexity index is 710. The number of sulfone groups is 1. The Balaban J connectivity index is 2.38. The summed E-state index contributed by atoms with van der Waals surface area (Å²) >= 11 is 0. The van der Waals surface area contributed by atoms with Crippen LogP contribution in [0.5, 0.6) is 0 Å². The molecule has 1 aromatic heterocycles. The Kier molecular flexibility index (Phi) is 3.40. The van der Waals surface area contributed by atoms with Crippen molar-refractivity contribution in [2.75, 3.05) is 6.26 Å². The lowest BCUT2D eigenvalue weighted by Crippen LogP contribution is -2.07. The quantitative estimate of drug-likeness (QED) is 0.864. The molecule has 0 fully saturated rings. The lowest BCUT2D eigenvalue weighted by Gasteiger charge is -2.01. The van der Waals surface area contributed by atoms with Gasteiger partial charge in [0.15, 0.2) is 9.84 Å². The third-order valence-corrected chi connectivity index (χ3v) is 4.35. The van der Waals surface area contributed by atoms with Crippen LogP contribution in [0.3, 0.4) is 0 Å². The SMILES string of the molecule is Cc1ccc(-c2noc(C(C)S(C)(=O)=O)n2)cc1F. The van der Waals surface area contributed by atoms with Gasteiger partial charge < -0.3 is 4.52 Å². The van der Waals surface area contributed by atoms with E-state index in [2.05, 4.69) is 10.1 Å². The second-order valence-electron chi connectivity index (χ2n) is 4.39. The fourth-order valence-electron chi connectivity index (χ4n) is 1.43. The van der Waals surface area contributed by atoms with Crippen LogP contribution in [0.4, 0.5) is 4.39 Å². The van der Waals surface area contributed by atoms with E-state index in [1.54, 1.807) is 19.1 Å². The predicted octanol–water partition coefficient (Wildman–Crippen LogP) is 2.29. The van der Waals surface area contributed by atoms with Crippen molar-refractivity contribution < 1.29 is 17.3 Å². The molecule has 0 amide bonds. The van der Waals surface area contributed by atoms with Crippen LogP contribution in [-0.2, 0) is 9.84 Å². The summed E-state index contributed by atoms with van der Waals surface area (Å²) in [4.78, 5) is 3.99. The maximum Gasteiger partial charge on any atom is 0.244 e. The summed E-state index contributed by atoms with van der Waals surface area (Å²) in [7, 11) is -3.31. The zero-order valence-corrected chi connectivity index (χ0v) is 11.5. The summed E-state index contributed by atoms with van der Waals surface area (Å²) in [6, 6.07) is 4.54. The summed E-state index contributed by atoms with van der Waals surface area (Å²) in [5.41, 5.74) is 0.954. The smallest absolute Gasteiger partial charge is 0.244 e. The Morgan fingerprint density at radius 1 is 1.37 bits per heavy atom. The van der Waals surface area contributed by atoms with Gasteiger partial charge in [0.05, 0.1) is 0 Å². The van der Waals surface area contributed by atoms with E-state index in [0.717, 1.165) is 6.26 Å². The van der Waals surface area contributed by atoms with E-state index in [1.165, 1.54) is 13.0 Å². The molecule has 1 aromatic carbocycles. The Hall–Kier alpha value is -1.76. The van der Waals surface area contributed by atoms with Gasteiger partial charge in [0.1, 0.15) is 11.1 Å². The summed E-state index contributed by atoms with van der Waals surface area (Å²) < 4.78 is 41.1. The van der Waals surface area contributed by atoms with E-state index in [1.807, 2.05) is 0 Å². The van der Waals surface area contributed by atoms with Crippen molar-refractivity contribution in [3.63, 3.8) is 0 Å². The Morgan fingerprint density at radius 2 is 2.05 bits per heavy atom. The molecule has 1 heterocycles. The number of rotatable bonds is 3. The normalized spacial score (nSPS) is 13.5. The van der Waals surface area contributed by atoms with E-state index in [4.69, 9.17) is 4.52 Å². The molecule has 5 nitrogen and oxygen atoms in total. The Labute approximate surface area is 110 Å². The predicted molar refractivity (Wildman–Crippen MR) is 67.7 cm³/mol. The van der Waals surface area contributed by atoms with Crippen LogP contribution in [0, 0.1) is 12.7 Å². The zero-order valence-electron chi connectivity index (χ0n) is 10.7. The van der Waals surface area contributed by atoms with Crippen molar-refractivity contribution in [3.05, 3.63) is 35.5 Å². The zero-order chi connectivity index (χ0) is 14.2. The van der Waals surface area contributed by atoms with Gasteiger partial charge in [-0.2, -0.15) is 4.98 Å². The van der Waals surface area contributed by atoms with Gasteiger partial charge in [-0.1, -0.05) is 17.3 Å². The number of nitrogens with zero attached hydrogens (tertiary/aromatic N) is 2. The molecule has 19 heavy (non-hydrogen) atoms. The van der Waals surface area contributed by atoms with Gasteiger partial charge in [-0.25, -0.2) is 12.8 Å². The maximum atomic E-state index is 13.4. The molecule has 2 rings (SSSR count). The van der Waals surface area contributed by atoms with Gasteiger partial charge in [0.2, 0.25) is 11.7 Å². The largest absolute Gasteiger partial charge is 0.338 e. The van der Waals surface area contributed by atoms with Crippen molar-refractivity contribution in [1.82, 2.24) is 10.1 Å². The van der Waals surface area contributed by atoms with Crippen LogP contribution in [0.25, 0.3) is 11.4 Å². The molecule has 0 aliphatic heterocycles. The van der Waals surface area contributed by atoms with Crippen LogP contribution in [-0.4, -0.2) is 24.8 Å². The second-order valence-corrected chi connectivity index (χ2v) is 6.76. The maximum absolute atomic E-state index is 13.4.